The van der Waals surface area contributed by atoms with Crippen molar-refractivity contribution >= 4 is 0 Å². The molecule has 0 bridgehead atoms. The minimum absolute atomic E-state index is 0.387. The van der Waals surface area contributed by atoms with E-state index >= 15 is 0 Å². The van der Waals surface area contributed by atoms with Crippen LogP contribution in [0, 0.1) is 0 Å². The smallest absolute Gasteiger partial charge is 0.333 e. The predicted molar refractivity (Wildman–Crippen MR) is 75.0 cm³/mol. The molecule has 2 aromatic rings. The lowest BCUT2D eigenvalue weighted by Crippen LogP contribution is -2.16. The molecule has 0 atom stereocenters. The maximum Gasteiger partial charge on any atom is 0.416 e. The van der Waals surface area contributed by atoms with Gasteiger partial charge < -0.3 is 9.88 Å². The Morgan fingerprint density at radius 3 is 2.81 bits per heavy atom. The second-order valence-corrected chi connectivity index (χ2v) is 4.84. The molecule has 21 heavy (non-hydrogen) atoms. The van der Waals surface area contributed by atoms with Crippen LogP contribution in [-0.4, -0.2) is 22.6 Å². The number of alkyl halides is 3. The highest BCUT2D eigenvalue weighted by molar-refractivity contribution is 5.26. The van der Waals surface area contributed by atoms with Gasteiger partial charge in [-0.15, -0.1) is 0 Å². The number of rotatable bonds is 6. The summed E-state index contributed by atoms with van der Waals surface area (Å²) in [5, 5.41) is 3.21. The Hall–Kier alpha value is -1.82. The molecule has 1 N–H and O–H groups in total. The Morgan fingerprint density at radius 2 is 2.10 bits per heavy atom. The molecule has 0 aliphatic heterocycles. The van der Waals surface area contributed by atoms with Gasteiger partial charge in [0.25, 0.3) is 0 Å². The van der Waals surface area contributed by atoms with Gasteiger partial charge in [-0.05, 0) is 24.2 Å². The van der Waals surface area contributed by atoms with Crippen LogP contribution >= 0.6 is 0 Å². The topological polar surface area (TPSA) is 29.9 Å². The highest BCUT2D eigenvalue weighted by Crippen LogP contribution is 2.29. The number of benzene rings is 1. The van der Waals surface area contributed by atoms with Gasteiger partial charge in [-0.1, -0.05) is 19.1 Å². The van der Waals surface area contributed by atoms with Crippen LogP contribution < -0.4 is 5.32 Å². The number of likely N-dealkylation sites (N-methyl/N-ethyl adjacent to an activating group) is 1. The number of hydrogen-bond acceptors (Lipinski definition) is 2. The molecule has 1 aromatic heterocycles. The van der Waals surface area contributed by atoms with Crippen molar-refractivity contribution in [3.05, 3.63) is 53.6 Å². The maximum absolute atomic E-state index is 12.7. The average Bonchev–Trinajstić information content (AvgIpc) is 2.86. The zero-order valence-corrected chi connectivity index (χ0v) is 11.8. The van der Waals surface area contributed by atoms with E-state index in [4.69, 9.17) is 0 Å². The van der Waals surface area contributed by atoms with Crippen molar-refractivity contribution < 1.29 is 13.2 Å². The molecule has 0 amide bonds. The van der Waals surface area contributed by atoms with Crippen LogP contribution in [0.2, 0.25) is 0 Å². The van der Waals surface area contributed by atoms with E-state index in [0.717, 1.165) is 31.3 Å². The SMILES string of the molecule is CCNCCc1cn(Cc2cccc(C(F)(F)F)c2)cn1. The quantitative estimate of drug-likeness (QED) is 0.830. The Labute approximate surface area is 121 Å². The number of nitrogens with one attached hydrogen (secondary N) is 1. The molecule has 114 valence electrons. The monoisotopic (exact) mass is 297 g/mol. The fourth-order valence-corrected chi connectivity index (χ4v) is 2.07. The first kappa shape index (κ1) is 15.6. The summed E-state index contributed by atoms with van der Waals surface area (Å²) in [6.45, 7) is 4.17. The Kier molecular flexibility index (Phi) is 5.01. The van der Waals surface area contributed by atoms with Crippen LogP contribution in [0.1, 0.15) is 23.7 Å². The minimum atomic E-state index is -4.30. The van der Waals surface area contributed by atoms with E-state index in [1.165, 1.54) is 12.1 Å². The second kappa shape index (κ2) is 6.76. The van der Waals surface area contributed by atoms with Crippen LogP contribution in [0.4, 0.5) is 13.2 Å². The van der Waals surface area contributed by atoms with Gasteiger partial charge in [0.1, 0.15) is 0 Å². The highest BCUT2D eigenvalue weighted by Gasteiger charge is 2.30. The van der Waals surface area contributed by atoms with E-state index in [9.17, 15) is 13.2 Å². The third-order valence-electron chi connectivity index (χ3n) is 3.11. The molecular weight excluding hydrogens is 279 g/mol. The van der Waals surface area contributed by atoms with Crippen molar-refractivity contribution in [3.8, 4) is 0 Å². The molecule has 0 saturated heterocycles. The number of hydrogen-bond donors (Lipinski definition) is 1. The maximum atomic E-state index is 12.7. The van der Waals surface area contributed by atoms with E-state index < -0.39 is 11.7 Å². The number of aromatic nitrogens is 2. The summed E-state index contributed by atoms with van der Waals surface area (Å²) in [5.41, 5.74) is 0.927. The average molecular weight is 297 g/mol. The lowest BCUT2D eigenvalue weighted by Gasteiger charge is -2.09. The largest absolute Gasteiger partial charge is 0.416 e. The van der Waals surface area contributed by atoms with Gasteiger partial charge in [-0.2, -0.15) is 13.2 Å². The molecule has 0 unspecified atom stereocenters. The zero-order valence-electron chi connectivity index (χ0n) is 11.8. The molecule has 0 aliphatic rings. The van der Waals surface area contributed by atoms with Crippen molar-refractivity contribution in [3.63, 3.8) is 0 Å². The Morgan fingerprint density at radius 1 is 1.29 bits per heavy atom. The Balaban J connectivity index is 2.02. The molecule has 3 nitrogen and oxygen atoms in total. The summed E-state index contributed by atoms with van der Waals surface area (Å²) in [6.07, 6.45) is 0.0322. The molecule has 0 saturated carbocycles. The fourth-order valence-electron chi connectivity index (χ4n) is 2.07. The predicted octanol–water partition coefficient (Wildman–Crippen LogP) is 3.10. The lowest BCUT2D eigenvalue weighted by atomic mass is 10.1. The summed E-state index contributed by atoms with van der Waals surface area (Å²) < 4.78 is 39.8. The normalized spacial score (nSPS) is 11.8. The standard InChI is InChI=1S/C15H18F3N3/c1-2-19-7-6-14-10-21(11-20-14)9-12-4-3-5-13(8-12)15(16,17)18/h3-5,8,10-11,19H,2,6-7,9H2,1H3. The van der Waals surface area contributed by atoms with Gasteiger partial charge in [0.2, 0.25) is 0 Å². The van der Waals surface area contributed by atoms with E-state index in [2.05, 4.69) is 10.3 Å². The molecule has 1 aromatic carbocycles. The molecule has 0 fully saturated rings. The summed E-state index contributed by atoms with van der Waals surface area (Å²) >= 11 is 0. The van der Waals surface area contributed by atoms with Gasteiger partial charge in [0.05, 0.1) is 17.6 Å². The number of halogens is 3. The van der Waals surface area contributed by atoms with Crippen LogP contribution in [0.25, 0.3) is 0 Å². The first-order chi connectivity index (χ1) is 9.99. The summed E-state index contributed by atoms with van der Waals surface area (Å²) in [5.74, 6) is 0. The number of imidazole rings is 1. The molecular formula is C15H18F3N3. The van der Waals surface area contributed by atoms with Crippen molar-refractivity contribution in [1.29, 1.82) is 0 Å². The van der Waals surface area contributed by atoms with Crippen LogP contribution in [0.3, 0.4) is 0 Å². The van der Waals surface area contributed by atoms with E-state index in [-0.39, 0.29) is 0 Å². The summed E-state index contributed by atoms with van der Waals surface area (Å²) in [4.78, 5) is 4.26. The van der Waals surface area contributed by atoms with E-state index in [1.807, 2.05) is 13.1 Å². The van der Waals surface area contributed by atoms with Crippen molar-refractivity contribution in [2.45, 2.75) is 26.1 Å². The number of nitrogens with zero attached hydrogens (tertiary/aromatic N) is 2. The van der Waals surface area contributed by atoms with E-state index in [1.54, 1.807) is 17.0 Å². The van der Waals surface area contributed by atoms with Crippen LogP contribution in [0.5, 0.6) is 0 Å². The van der Waals surface area contributed by atoms with E-state index in [0.29, 0.717) is 12.1 Å². The molecule has 2 rings (SSSR count). The van der Waals surface area contributed by atoms with Gasteiger partial charge in [0, 0.05) is 25.7 Å². The summed E-state index contributed by atoms with van der Waals surface area (Å²) in [7, 11) is 0. The Bertz CT molecular complexity index is 576. The third-order valence-corrected chi connectivity index (χ3v) is 3.11. The van der Waals surface area contributed by atoms with Crippen LogP contribution in [0.15, 0.2) is 36.8 Å². The van der Waals surface area contributed by atoms with Gasteiger partial charge in [-0.25, -0.2) is 4.98 Å². The fraction of sp³-hybridized carbons (Fsp3) is 0.400. The molecule has 6 heteroatoms. The molecule has 0 radical (unpaired) electrons. The molecule has 1 heterocycles. The van der Waals surface area contributed by atoms with Crippen molar-refractivity contribution in [2.24, 2.45) is 0 Å². The second-order valence-electron chi connectivity index (χ2n) is 4.84. The van der Waals surface area contributed by atoms with Crippen molar-refractivity contribution in [2.75, 3.05) is 13.1 Å². The van der Waals surface area contributed by atoms with Gasteiger partial charge >= 0.3 is 6.18 Å². The lowest BCUT2D eigenvalue weighted by molar-refractivity contribution is -0.137. The first-order valence-electron chi connectivity index (χ1n) is 6.86. The molecule has 0 spiro atoms. The van der Waals surface area contributed by atoms with Crippen molar-refractivity contribution in [1.82, 2.24) is 14.9 Å². The highest BCUT2D eigenvalue weighted by atomic mass is 19.4. The zero-order chi connectivity index (χ0) is 15.3. The minimum Gasteiger partial charge on any atom is -0.333 e. The third kappa shape index (κ3) is 4.60. The van der Waals surface area contributed by atoms with Crippen LogP contribution in [-0.2, 0) is 19.1 Å². The van der Waals surface area contributed by atoms with Gasteiger partial charge in [0.15, 0.2) is 0 Å². The summed E-state index contributed by atoms with van der Waals surface area (Å²) in [6, 6.07) is 5.38. The molecule has 0 aliphatic carbocycles. The first-order valence-corrected chi connectivity index (χ1v) is 6.86. The van der Waals surface area contributed by atoms with Gasteiger partial charge in [-0.3, -0.25) is 0 Å².